The van der Waals surface area contributed by atoms with Gasteiger partial charge >= 0.3 is 6.09 Å². The average Bonchev–Trinajstić information content (AvgIpc) is 3.45. The minimum Gasteiger partial charge on any atom is -0.490 e. The van der Waals surface area contributed by atoms with E-state index < -0.39 is 5.60 Å². The van der Waals surface area contributed by atoms with Crippen LogP contribution in [-0.4, -0.2) is 71.2 Å². The lowest BCUT2D eigenvalue weighted by Gasteiger charge is -2.33. The Kier molecular flexibility index (Phi) is 8.33. The average molecular weight is 604 g/mol. The largest absolute Gasteiger partial charge is 0.490 e. The molecule has 0 atom stereocenters. The van der Waals surface area contributed by atoms with E-state index in [9.17, 15) is 10.1 Å². The minimum atomic E-state index is -0.495. The zero-order valence-electron chi connectivity index (χ0n) is 25.4. The number of nitrogens with zero attached hydrogens (tertiary/aromatic N) is 9. The lowest BCUT2D eigenvalue weighted by Crippen LogP contribution is -2.42. The zero-order chi connectivity index (χ0) is 31.4. The third kappa shape index (κ3) is 7.21. The SMILES string of the molecule is CC(C)(C)OC(=O)N1CCC(COc2cnc(-c3cccc(Cn4nnc5ncc(-c6cccc(C#N)c6)nc54)c3)nc2)CC1. The van der Waals surface area contributed by atoms with Crippen molar-refractivity contribution in [2.24, 2.45) is 5.92 Å². The molecule has 0 spiro atoms. The Balaban J connectivity index is 1.07. The van der Waals surface area contributed by atoms with Crippen LogP contribution < -0.4 is 4.74 Å². The number of hydrogen-bond acceptors (Lipinski definition) is 10. The summed E-state index contributed by atoms with van der Waals surface area (Å²) in [5, 5.41) is 17.7. The van der Waals surface area contributed by atoms with Gasteiger partial charge in [-0.1, -0.05) is 35.5 Å². The van der Waals surface area contributed by atoms with Crippen molar-refractivity contribution >= 4 is 17.4 Å². The molecule has 0 radical (unpaired) electrons. The van der Waals surface area contributed by atoms with Gasteiger partial charge in [0.1, 0.15) is 5.60 Å². The molecule has 12 heteroatoms. The van der Waals surface area contributed by atoms with Crippen molar-refractivity contribution in [1.82, 2.24) is 39.8 Å². The summed E-state index contributed by atoms with van der Waals surface area (Å²) in [6, 6.07) is 17.3. The van der Waals surface area contributed by atoms with Gasteiger partial charge in [-0.25, -0.2) is 29.4 Å². The van der Waals surface area contributed by atoms with Gasteiger partial charge in [-0.2, -0.15) is 5.26 Å². The van der Waals surface area contributed by atoms with Gasteiger partial charge in [0.2, 0.25) is 5.65 Å². The Bertz CT molecular complexity index is 1850. The summed E-state index contributed by atoms with van der Waals surface area (Å²) in [6.45, 7) is 7.91. The molecule has 228 valence electrons. The number of amides is 1. The van der Waals surface area contributed by atoms with Crippen LogP contribution in [0.4, 0.5) is 4.79 Å². The van der Waals surface area contributed by atoms with Crippen LogP contribution in [-0.2, 0) is 11.3 Å². The van der Waals surface area contributed by atoms with E-state index in [2.05, 4.69) is 31.3 Å². The fraction of sp³-hybridized carbons (Fsp3) is 0.333. The molecule has 6 rings (SSSR count). The van der Waals surface area contributed by atoms with Gasteiger partial charge in [-0.3, -0.25) is 0 Å². The predicted octanol–water partition coefficient (Wildman–Crippen LogP) is 5.29. The van der Waals surface area contributed by atoms with Crippen molar-refractivity contribution < 1.29 is 14.3 Å². The van der Waals surface area contributed by atoms with Crippen LogP contribution in [0.2, 0.25) is 0 Å². The topological polar surface area (TPSA) is 145 Å². The fourth-order valence-electron chi connectivity index (χ4n) is 5.09. The van der Waals surface area contributed by atoms with Crippen LogP contribution in [0, 0.1) is 17.2 Å². The first-order valence-corrected chi connectivity index (χ1v) is 14.8. The predicted molar refractivity (Wildman–Crippen MR) is 166 cm³/mol. The normalized spacial score (nSPS) is 13.9. The third-order valence-corrected chi connectivity index (χ3v) is 7.41. The number of aromatic nitrogens is 7. The second-order valence-electron chi connectivity index (χ2n) is 12.0. The summed E-state index contributed by atoms with van der Waals surface area (Å²) < 4.78 is 13.2. The number of fused-ring (bicyclic) bond motifs is 1. The highest BCUT2D eigenvalue weighted by Crippen LogP contribution is 2.24. The Morgan fingerprint density at radius 2 is 1.76 bits per heavy atom. The van der Waals surface area contributed by atoms with Gasteiger partial charge in [0.05, 0.1) is 49.1 Å². The third-order valence-electron chi connectivity index (χ3n) is 7.41. The van der Waals surface area contributed by atoms with E-state index >= 15 is 0 Å². The number of benzene rings is 2. The highest BCUT2D eigenvalue weighted by molar-refractivity contribution is 5.71. The van der Waals surface area contributed by atoms with Gasteiger partial charge < -0.3 is 14.4 Å². The molecule has 0 unspecified atom stereocenters. The Morgan fingerprint density at radius 3 is 2.51 bits per heavy atom. The second-order valence-corrected chi connectivity index (χ2v) is 12.0. The molecule has 1 fully saturated rings. The summed E-state index contributed by atoms with van der Waals surface area (Å²) in [7, 11) is 0. The number of piperidine rings is 1. The van der Waals surface area contributed by atoms with Crippen molar-refractivity contribution in [2.75, 3.05) is 19.7 Å². The molecule has 0 bridgehead atoms. The summed E-state index contributed by atoms with van der Waals surface area (Å²) >= 11 is 0. The highest BCUT2D eigenvalue weighted by Gasteiger charge is 2.27. The van der Waals surface area contributed by atoms with Crippen molar-refractivity contribution in [1.29, 1.82) is 5.26 Å². The lowest BCUT2D eigenvalue weighted by atomic mass is 9.98. The molecule has 0 aliphatic carbocycles. The molecule has 1 aliphatic heterocycles. The number of ether oxygens (including phenoxy) is 2. The molecular formula is C33H33N9O3. The first kappa shape index (κ1) is 29.6. The fourth-order valence-corrected chi connectivity index (χ4v) is 5.09. The van der Waals surface area contributed by atoms with Gasteiger partial charge in [-0.15, -0.1) is 5.10 Å². The quantitative estimate of drug-likeness (QED) is 0.240. The van der Waals surface area contributed by atoms with Crippen LogP contribution in [0.25, 0.3) is 33.9 Å². The molecule has 1 amide bonds. The van der Waals surface area contributed by atoms with Crippen LogP contribution in [0.15, 0.2) is 67.1 Å². The van der Waals surface area contributed by atoms with Gasteiger partial charge in [0, 0.05) is 24.2 Å². The number of likely N-dealkylation sites (tertiary alicyclic amines) is 1. The van der Waals surface area contributed by atoms with Gasteiger partial charge in [-0.05, 0) is 63.3 Å². The smallest absolute Gasteiger partial charge is 0.410 e. The van der Waals surface area contributed by atoms with Crippen molar-refractivity contribution in [3.05, 3.63) is 78.2 Å². The number of carbonyl (C=O) groups excluding carboxylic acids is 1. The standard InChI is InChI=1S/C33H33N9O3/c1-33(2,3)45-32(43)41-12-10-22(11-13-41)21-44-27-17-35-29(36-18-27)26-9-5-7-24(15-26)20-42-31-30(39-40-42)37-19-28(38-31)25-8-4-6-23(14-25)16-34/h4-9,14-15,17-19,22H,10-13,20-21H2,1-3H3. The maximum atomic E-state index is 12.3. The molecule has 2 aromatic carbocycles. The first-order valence-electron chi connectivity index (χ1n) is 14.8. The Labute approximate surface area is 260 Å². The maximum Gasteiger partial charge on any atom is 0.410 e. The van der Waals surface area contributed by atoms with E-state index in [1.54, 1.807) is 40.3 Å². The maximum absolute atomic E-state index is 12.3. The van der Waals surface area contributed by atoms with Crippen molar-refractivity contribution in [3.8, 4) is 34.5 Å². The molecule has 0 N–H and O–H groups in total. The van der Waals surface area contributed by atoms with E-state index in [1.807, 2.05) is 57.2 Å². The molecular weight excluding hydrogens is 570 g/mol. The van der Waals surface area contributed by atoms with Gasteiger partial charge in [0.15, 0.2) is 17.2 Å². The van der Waals surface area contributed by atoms with E-state index in [0.29, 0.717) is 66.3 Å². The first-order chi connectivity index (χ1) is 21.7. The van der Waals surface area contributed by atoms with E-state index in [4.69, 9.17) is 14.5 Å². The molecule has 3 aromatic heterocycles. The summed E-state index contributed by atoms with van der Waals surface area (Å²) in [4.78, 5) is 32.3. The molecule has 45 heavy (non-hydrogen) atoms. The molecule has 0 saturated carbocycles. The van der Waals surface area contributed by atoms with E-state index in [-0.39, 0.29) is 6.09 Å². The van der Waals surface area contributed by atoms with E-state index in [1.165, 1.54) is 0 Å². The van der Waals surface area contributed by atoms with Crippen LogP contribution in [0.1, 0.15) is 44.7 Å². The number of nitriles is 1. The van der Waals surface area contributed by atoms with Gasteiger partial charge in [0.25, 0.3) is 0 Å². The molecule has 5 aromatic rings. The van der Waals surface area contributed by atoms with Crippen molar-refractivity contribution in [3.63, 3.8) is 0 Å². The Hall–Kier alpha value is -5.44. The summed E-state index contributed by atoms with van der Waals surface area (Å²) in [5.41, 5.74) is 4.32. The van der Waals surface area contributed by atoms with Crippen LogP contribution >= 0.6 is 0 Å². The molecule has 12 nitrogen and oxygen atoms in total. The number of carbonyl (C=O) groups is 1. The van der Waals surface area contributed by atoms with E-state index in [0.717, 1.165) is 29.5 Å². The molecule has 1 saturated heterocycles. The second kappa shape index (κ2) is 12.7. The van der Waals surface area contributed by atoms with Crippen LogP contribution in [0.3, 0.4) is 0 Å². The molecule has 4 heterocycles. The van der Waals surface area contributed by atoms with Crippen molar-refractivity contribution in [2.45, 2.75) is 45.8 Å². The lowest BCUT2D eigenvalue weighted by molar-refractivity contribution is 0.0165. The number of rotatable bonds is 7. The minimum absolute atomic E-state index is 0.258. The highest BCUT2D eigenvalue weighted by atomic mass is 16.6. The Morgan fingerprint density at radius 1 is 1.00 bits per heavy atom. The summed E-state index contributed by atoms with van der Waals surface area (Å²) in [6.07, 6.45) is 6.47. The monoisotopic (exact) mass is 603 g/mol. The van der Waals surface area contributed by atoms with Crippen LogP contribution in [0.5, 0.6) is 5.75 Å². The molecule has 1 aliphatic rings. The number of hydrogen-bond donors (Lipinski definition) is 0. The zero-order valence-corrected chi connectivity index (χ0v) is 25.4. The summed E-state index contributed by atoms with van der Waals surface area (Å²) in [5.74, 6) is 1.53.